The lowest BCUT2D eigenvalue weighted by atomic mass is 9.99. The molecule has 1 N–H and O–H groups in total. The SMILES string of the molecule is CCCCC(CC)COCC(CC)CCCC.CN(C)c1ccc(C(=O)O)cc1. The zero-order valence-electron chi connectivity index (χ0n) is 19.7. The molecule has 1 aromatic carbocycles. The molecule has 4 heteroatoms. The number of carbonyl (C=O) groups is 1. The minimum absolute atomic E-state index is 0.320. The van der Waals surface area contributed by atoms with Gasteiger partial charge in [-0.1, -0.05) is 66.2 Å². The topological polar surface area (TPSA) is 49.8 Å². The summed E-state index contributed by atoms with van der Waals surface area (Å²) >= 11 is 0. The van der Waals surface area contributed by atoms with Gasteiger partial charge in [-0.25, -0.2) is 4.79 Å². The second-order valence-electron chi connectivity index (χ2n) is 8.12. The number of unbranched alkanes of at least 4 members (excludes halogenated alkanes) is 2. The summed E-state index contributed by atoms with van der Waals surface area (Å²) in [6, 6.07) is 6.75. The number of ether oxygens (including phenoxy) is 1. The van der Waals surface area contributed by atoms with Gasteiger partial charge in [-0.3, -0.25) is 0 Å². The Labute approximate surface area is 179 Å². The number of carboxylic acids is 1. The molecule has 0 saturated heterocycles. The van der Waals surface area contributed by atoms with Crippen LogP contribution in [0.4, 0.5) is 5.69 Å². The number of rotatable bonds is 14. The van der Waals surface area contributed by atoms with Crippen molar-refractivity contribution < 1.29 is 14.6 Å². The van der Waals surface area contributed by atoms with Gasteiger partial charge in [0.1, 0.15) is 0 Å². The van der Waals surface area contributed by atoms with Gasteiger partial charge in [0, 0.05) is 33.0 Å². The molecule has 0 heterocycles. The predicted octanol–water partition coefficient (Wildman–Crippen LogP) is 6.89. The summed E-state index contributed by atoms with van der Waals surface area (Å²) in [6.45, 7) is 11.1. The van der Waals surface area contributed by atoms with E-state index in [1.54, 1.807) is 24.3 Å². The van der Waals surface area contributed by atoms with Crippen LogP contribution in [0.25, 0.3) is 0 Å². The van der Waals surface area contributed by atoms with Crippen LogP contribution in [0.2, 0.25) is 0 Å². The van der Waals surface area contributed by atoms with Crippen molar-refractivity contribution in [2.45, 2.75) is 79.1 Å². The first-order valence-electron chi connectivity index (χ1n) is 11.5. The van der Waals surface area contributed by atoms with E-state index >= 15 is 0 Å². The first-order valence-corrected chi connectivity index (χ1v) is 11.5. The monoisotopic (exact) mass is 407 g/mol. The highest BCUT2D eigenvalue weighted by molar-refractivity contribution is 5.88. The Hall–Kier alpha value is -1.55. The third kappa shape index (κ3) is 13.3. The average molecular weight is 408 g/mol. The standard InChI is InChI=1S/C16H34O.C9H11NO2/c1-5-9-11-15(7-3)13-17-14-16(8-4)12-10-6-2;1-10(2)8-5-3-7(4-6-8)9(11)12/h15-16H,5-14H2,1-4H3;3-6H,1-2H3,(H,11,12). The number of hydrogen-bond acceptors (Lipinski definition) is 3. The quantitative estimate of drug-likeness (QED) is 0.365. The molecule has 168 valence electrons. The van der Waals surface area contributed by atoms with Crippen LogP contribution in [0.3, 0.4) is 0 Å². The molecule has 0 radical (unpaired) electrons. The van der Waals surface area contributed by atoms with Crippen LogP contribution >= 0.6 is 0 Å². The molecule has 1 aromatic rings. The van der Waals surface area contributed by atoms with Gasteiger partial charge in [0.2, 0.25) is 0 Å². The minimum Gasteiger partial charge on any atom is -0.478 e. The summed E-state index contributed by atoms with van der Waals surface area (Å²) < 4.78 is 5.93. The first-order chi connectivity index (χ1) is 13.9. The van der Waals surface area contributed by atoms with E-state index in [9.17, 15) is 4.79 Å². The van der Waals surface area contributed by atoms with E-state index < -0.39 is 5.97 Å². The molecule has 4 nitrogen and oxygen atoms in total. The molecule has 0 spiro atoms. The Bertz CT molecular complexity index is 497. The molecule has 0 fully saturated rings. The first kappa shape index (κ1) is 27.5. The van der Waals surface area contributed by atoms with Crippen molar-refractivity contribution in [2.24, 2.45) is 11.8 Å². The van der Waals surface area contributed by atoms with Crippen molar-refractivity contribution in [3.05, 3.63) is 29.8 Å². The third-order valence-corrected chi connectivity index (χ3v) is 5.42. The van der Waals surface area contributed by atoms with Crippen molar-refractivity contribution in [1.29, 1.82) is 0 Å². The number of nitrogens with zero attached hydrogens (tertiary/aromatic N) is 1. The van der Waals surface area contributed by atoms with Gasteiger partial charge in [-0.15, -0.1) is 0 Å². The Morgan fingerprint density at radius 2 is 1.34 bits per heavy atom. The van der Waals surface area contributed by atoms with E-state index in [4.69, 9.17) is 9.84 Å². The van der Waals surface area contributed by atoms with E-state index in [0.717, 1.165) is 30.7 Å². The highest BCUT2D eigenvalue weighted by Crippen LogP contribution is 2.16. The fourth-order valence-corrected chi connectivity index (χ4v) is 3.10. The largest absolute Gasteiger partial charge is 0.478 e. The Balaban J connectivity index is 0.000000571. The van der Waals surface area contributed by atoms with E-state index in [-0.39, 0.29) is 0 Å². The molecule has 0 aliphatic carbocycles. The maximum absolute atomic E-state index is 10.5. The smallest absolute Gasteiger partial charge is 0.335 e. The zero-order chi connectivity index (χ0) is 22.1. The highest BCUT2D eigenvalue weighted by atomic mass is 16.5. The lowest BCUT2D eigenvalue weighted by molar-refractivity contribution is 0.0630. The Morgan fingerprint density at radius 3 is 1.66 bits per heavy atom. The van der Waals surface area contributed by atoms with Crippen molar-refractivity contribution >= 4 is 11.7 Å². The van der Waals surface area contributed by atoms with Crippen molar-refractivity contribution in [1.82, 2.24) is 0 Å². The maximum atomic E-state index is 10.5. The molecule has 0 bridgehead atoms. The fourth-order valence-electron chi connectivity index (χ4n) is 3.10. The maximum Gasteiger partial charge on any atom is 0.335 e. The second kappa shape index (κ2) is 17.3. The molecule has 2 atom stereocenters. The molecule has 0 aromatic heterocycles. The predicted molar refractivity (Wildman–Crippen MR) is 125 cm³/mol. The lowest BCUT2D eigenvalue weighted by Gasteiger charge is -2.18. The zero-order valence-corrected chi connectivity index (χ0v) is 19.7. The van der Waals surface area contributed by atoms with Gasteiger partial charge in [0.15, 0.2) is 0 Å². The van der Waals surface area contributed by atoms with Crippen LogP contribution in [-0.2, 0) is 4.74 Å². The van der Waals surface area contributed by atoms with Gasteiger partial charge in [-0.2, -0.15) is 0 Å². The number of hydrogen-bond donors (Lipinski definition) is 1. The Morgan fingerprint density at radius 1 is 0.897 bits per heavy atom. The summed E-state index contributed by atoms with van der Waals surface area (Å²) in [5.41, 5.74) is 1.32. The number of benzene rings is 1. The lowest BCUT2D eigenvalue weighted by Crippen LogP contribution is -2.14. The molecule has 0 saturated carbocycles. The van der Waals surface area contributed by atoms with Crippen LogP contribution in [-0.4, -0.2) is 38.4 Å². The van der Waals surface area contributed by atoms with E-state index in [1.165, 1.54) is 51.4 Å². The van der Waals surface area contributed by atoms with Gasteiger partial charge in [0.05, 0.1) is 5.56 Å². The molecule has 2 unspecified atom stereocenters. The van der Waals surface area contributed by atoms with Crippen LogP contribution in [0.1, 0.15) is 89.4 Å². The number of aromatic carboxylic acids is 1. The Kier molecular flexibility index (Phi) is 16.4. The van der Waals surface area contributed by atoms with E-state index in [0.29, 0.717) is 5.56 Å². The molecule has 1 rings (SSSR count). The number of carboxylic acid groups (broad SMARTS) is 1. The molecular formula is C25H45NO3. The van der Waals surface area contributed by atoms with Gasteiger partial charge in [-0.05, 0) is 48.9 Å². The summed E-state index contributed by atoms with van der Waals surface area (Å²) in [4.78, 5) is 12.4. The van der Waals surface area contributed by atoms with Crippen LogP contribution < -0.4 is 4.90 Å². The van der Waals surface area contributed by atoms with Crippen LogP contribution in [0.15, 0.2) is 24.3 Å². The van der Waals surface area contributed by atoms with Crippen molar-refractivity contribution in [3.8, 4) is 0 Å². The third-order valence-electron chi connectivity index (χ3n) is 5.42. The molecule has 0 aliphatic rings. The van der Waals surface area contributed by atoms with Gasteiger partial charge in [0.25, 0.3) is 0 Å². The molecular weight excluding hydrogens is 362 g/mol. The molecule has 0 aliphatic heterocycles. The fraction of sp³-hybridized carbons (Fsp3) is 0.720. The average Bonchev–Trinajstić information content (AvgIpc) is 2.73. The second-order valence-corrected chi connectivity index (χ2v) is 8.12. The van der Waals surface area contributed by atoms with Gasteiger partial charge < -0.3 is 14.7 Å². The van der Waals surface area contributed by atoms with E-state index in [1.807, 2.05) is 19.0 Å². The minimum atomic E-state index is -0.889. The normalized spacial score (nSPS) is 12.6. The summed E-state index contributed by atoms with van der Waals surface area (Å²) in [5.74, 6) is 0.692. The number of anilines is 1. The highest BCUT2D eigenvalue weighted by Gasteiger charge is 2.09. The van der Waals surface area contributed by atoms with Gasteiger partial charge >= 0.3 is 5.97 Å². The van der Waals surface area contributed by atoms with Crippen molar-refractivity contribution in [3.63, 3.8) is 0 Å². The summed E-state index contributed by atoms with van der Waals surface area (Å²) in [5, 5.41) is 8.60. The summed E-state index contributed by atoms with van der Waals surface area (Å²) in [6.07, 6.45) is 10.6. The summed E-state index contributed by atoms with van der Waals surface area (Å²) in [7, 11) is 3.82. The van der Waals surface area contributed by atoms with Crippen LogP contribution in [0, 0.1) is 11.8 Å². The van der Waals surface area contributed by atoms with E-state index in [2.05, 4.69) is 27.7 Å². The van der Waals surface area contributed by atoms with Crippen LogP contribution in [0.5, 0.6) is 0 Å². The molecule has 0 amide bonds. The van der Waals surface area contributed by atoms with Crippen molar-refractivity contribution in [2.75, 3.05) is 32.2 Å². The molecule has 29 heavy (non-hydrogen) atoms.